The molecule has 0 amide bonds. The summed E-state index contributed by atoms with van der Waals surface area (Å²) < 4.78 is 5.83. The van der Waals surface area contributed by atoms with Crippen LogP contribution in [-0.4, -0.2) is 18.4 Å². The molecule has 0 radical (unpaired) electrons. The van der Waals surface area contributed by atoms with E-state index in [1.807, 2.05) is 36.5 Å². The van der Waals surface area contributed by atoms with E-state index in [4.69, 9.17) is 9.73 Å². The summed E-state index contributed by atoms with van der Waals surface area (Å²) in [5, 5.41) is 12.0. The van der Waals surface area contributed by atoms with E-state index in [9.17, 15) is 5.11 Å². The Morgan fingerprint density at radius 1 is 0.644 bits per heavy atom. The molecule has 4 aliphatic carbocycles. The second kappa shape index (κ2) is 11.4. The van der Waals surface area contributed by atoms with Gasteiger partial charge in [0.05, 0.1) is 12.8 Å². The smallest absolute Gasteiger partial charge is 0.128 e. The Morgan fingerprint density at radius 3 is 1.89 bits per heavy atom. The van der Waals surface area contributed by atoms with Crippen LogP contribution in [0.25, 0.3) is 33.4 Å². The van der Waals surface area contributed by atoms with Crippen LogP contribution >= 0.6 is 0 Å². The number of nitrogens with zero attached hydrogens (tertiary/aromatic N) is 1. The molecule has 5 aromatic carbocycles. The van der Waals surface area contributed by atoms with E-state index in [1.54, 1.807) is 7.11 Å². The lowest BCUT2D eigenvalue weighted by atomic mass is 9.48. The van der Waals surface area contributed by atoms with Gasteiger partial charge >= 0.3 is 0 Å². The Hall–Kier alpha value is -4.63. The highest BCUT2D eigenvalue weighted by Crippen LogP contribution is 2.62. The van der Waals surface area contributed by atoms with Gasteiger partial charge in [-0.3, -0.25) is 4.99 Å². The van der Waals surface area contributed by atoms with E-state index < -0.39 is 0 Å². The summed E-state index contributed by atoms with van der Waals surface area (Å²) in [6.45, 7) is 0. The summed E-state index contributed by atoms with van der Waals surface area (Å²) in [6, 6.07) is 39.9. The van der Waals surface area contributed by atoms with Crippen LogP contribution in [-0.2, 0) is 5.41 Å². The fourth-order valence-electron chi connectivity index (χ4n) is 9.08. The van der Waals surface area contributed by atoms with Crippen molar-refractivity contribution in [1.29, 1.82) is 0 Å². The van der Waals surface area contributed by atoms with Crippen molar-refractivity contribution in [3.63, 3.8) is 0 Å². The lowest BCUT2D eigenvalue weighted by Crippen LogP contribution is -2.48. The van der Waals surface area contributed by atoms with Gasteiger partial charge in [0.25, 0.3) is 0 Å². The van der Waals surface area contributed by atoms with Gasteiger partial charge in [0.15, 0.2) is 0 Å². The maximum absolute atomic E-state index is 12.0. The number of methoxy groups -OCH3 is 1. The summed E-state index contributed by atoms with van der Waals surface area (Å²) in [5.74, 6) is 3.59. The van der Waals surface area contributed by atoms with Crippen molar-refractivity contribution in [3.05, 3.63) is 126 Å². The number of aromatic hydroxyl groups is 1. The Labute approximate surface area is 266 Å². The van der Waals surface area contributed by atoms with Crippen LogP contribution < -0.4 is 4.74 Å². The summed E-state index contributed by atoms with van der Waals surface area (Å²) >= 11 is 0. The third-order valence-corrected chi connectivity index (χ3v) is 10.7. The van der Waals surface area contributed by atoms with Crippen LogP contribution in [0, 0.1) is 17.8 Å². The third kappa shape index (κ3) is 5.15. The lowest BCUT2D eigenvalue weighted by Gasteiger charge is -2.57. The zero-order chi connectivity index (χ0) is 30.4. The van der Waals surface area contributed by atoms with E-state index in [1.165, 1.54) is 44.1 Å². The van der Waals surface area contributed by atoms with E-state index in [0.717, 1.165) is 68.1 Å². The predicted molar refractivity (Wildman–Crippen MR) is 185 cm³/mol. The van der Waals surface area contributed by atoms with Crippen molar-refractivity contribution in [2.75, 3.05) is 7.11 Å². The van der Waals surface area contributed by atoms with Crippen LogP contribution in [0.2, 0.25) is 0 Å². The van der Waals surface area contributed by atoms with Crippen molar-refractivity contribution >= 4 is 11.9 Å². The van der Waals surface area contributed by atoms with Crippen molar-refractivity contribution in [1.82, 2.24) is 0 Å². The molecule has 4 aliphatic rings. The predicted octanol–water partition coefficient (Wildman–Crippen LogP) is 10.6. The van der Waals surface area contributed by atoms with Gasteiger partial charge in [-0.25, -0.2) is 0 Å². The molecule has 1 N–H and O–H groups in total. The monoisotopic (exact) mass is 589 g/mol. The van der Waals surface area contributed by atoms with Crippen molar-refractivity contribution in [2.45, 2.75) is 43.9 Å². The van der Waals surface area contributed by atoms with Crippen LogP contribution in [0.5, 0.6) is 11.5 Å². The minimum Gasteiger partial charge on any atom is -0.507 e. The first-order valence-corrected chi connectivity index (χ1v) is 16.4. The highest BCUT2D eigenvalue weighted by Gasteiger charge is 2.52. The molecule has 0 atom stereocenters. The molecule has 9 rings (SSSR count). The van der Waals surface area contributed by atoms with Crippen LogP contribution in [0.3, 0.4) is 0 Å². The lowest BCUT2D eigenvalue weighted by molar-refractivity contribution is -0.00611. The van der Waals surface area contributed by atoms with Crippen molar-refractivity contribution in [3.8, 4) is 44.9 Å². The Morgan fingerprint density at radius 2 is 1.24 bits per heavy atom. The molecule has 0 aromatic heterocycles. The highest BCUT2D eigenvalue weighted by atomic mass is 16.5. The van der Waals surface area contributed by atoms with E-state index >= 15 is 0 Å². The molecule has 4 saturated carbocycles. The van der Waals surface area contributed by atoms with Crippen molar-refractivity contribution < 1.29 is 9.84 Å². The second-order valence-electron chi connectivity index (χ2n) is 13.6. The largest absolute Gasteiger partial charge is 0.507 e. The van der Waals surface area contributed by atoms with Crippen LogP contribution in [0.1, 0.15) is 49.7 Å². The quantitative estimate of drug-likeness (QED) is 0.192. The van der Waals surface area contributed by atoms with Crippen LogP contribution in [0.4, 0.5) is 5.69 Å². The maximum atomic E-state index is 12.0. The summed E-state index contributed by atoms with van der Waals surface area (Å²) in [7, 11) is 1.71. The third-order valence-electron chi connectivity index (χ3n) is 10.7. The van der Waals surface area contributed by atoms with Crippen LogP contribution in [0.15, 0.2) is 120 Å². The van der Waals surface area contributed by atoms with E-state index in [0.29, 0.717) is 5.75 Å². The highest BCUT2D eigenvalue weighted by molar-refractivity contribution is 5.92. The molecule has 5 aromatic rings. The molecule has 0 aliphatic heterocycles. The molecule has 3 nitrogen and oxygen atoms in total. The molecule has 45 heavy (non-hydrogen) atoms. The topological polar surface area (TPSA) is 41.8 Å². The number of phenols is 1. The normalized spacial score (nSPS) is 23.4. The maximum Gasteiger partial charge on any atom is 0.128 e. The van der Waals surface area contributed by atoms with Gasteiger partial charge in [-0.2, -0.15) is 0 Å². The molecule has 4 bridgehead atoms. The first-order chi connectivity index (χ1) is 22.1. The zero-order valence-corrected chi connectivity index (χ0v) is 25.8. The summed E-state index contributed by atoms with van der Waals surface area (Å²) in [6.07, 6.45) is 9.58. The van der Waals surface area contributed by atoms with Crippen molar-refractivity contribution in [2.24, 2.45) is 22.7 Å². The molecule has 0 heterocycles. The van der Waals surface area contributed by atoms with Gasteiger partial charge in [0.2, 0.25) is 0 Å². The number of para-hydroxylation sites is 1. The molecular formula is C42H39NO2. The average Bonchev–Trinajstić information content (AvgIpc) is 3.08. The first-order valence-electron chi connectivity index (χ1n) is 16.4. The molecule has 0 unspecified atom stereocenters. The van der Waals surface area contributed by atoms with Gasteiger partial charge in [-0.15, -0.1) is 0 Å². The Balaban J connectivity index is 1.23. The van der Waals surface area contributed by atoms with Gasteiger partial charge in [0, 0.05) is 28.5 Å². The summed E-state index contributed by atoms with van der Waals surface area (Å²) in [5.41, 5.74) is 9.38. The number of rotatable bonds is 7. The number of aliphatic imine (C=N–C) groups is 1. The van der Waals surface area contributed by atoms with Gasteiger partial charge in [-0.1, -0.05) is 84.9 Å². The molecule has 0 saturated heterocycles. The van der Waals surface area contributed by atoms with E-state index in [-0.39, 0.29) is 5.41 Å². The Bertz CT molecular complexity index is 1840. The molecule has 0 spiro atoms. The van der Waals surface area contributed by atoms with Gasteiger partial charge in [0.1, 0.15) is 11.5 Å². The molecular weight excluding hydrogens is 550 g/mol. The number of hydrogen-bond acceptors (Lipinski definition) is 3. The standard InChI is InChI=1S/C42H39NO2/c1-45-40-17-16-33(31-10-4-2-5-11-31)22-37(40)36-14-8-9-15-39(36)43-27-35-21-34(32-12-6-3-7-13-32)23-38(41(35)44)42-24-28-18-29(25-42)20-30(19-28)26-42/h2-17,21-23,27-30,44H,18-20,24-26H2,1H3. The minimum atomic E-state index is 0.0648. The minimum absolute atomic E-state index is 0.0648. The fraction of sp³-hybridized carbons (Fsp3) is 0.262. The number of ether oxygens (including phenoxy) is 1. The zero-order valence-electron chi connectivity index (χ0n) is 25.8. The first kappa shape index (κ1) is 27.9. The summed E-state index contributed by atoms with van der Waals surface area (Å²) in [4.78, 5) is 5.07. The average molecular weight is 590 g/mol. The fourth-order valence-corrected chi connectivity index (χ4v) is 9.08. The molecule has 4 fully saturated rings. The number of phenolic OH excluding ortho intramolecular Hbond substituents is 1. The second-order valence-corrected chi connectivity index (χ2v) is 13.6. The van der Waals surface area contributed by atoms with E-state index in [2.05, 4.69) is 84.9 Å². The Kier molecular flexibility index (Phi) is 7.05. The molecule has 224 valence electrons. The van der Waals surface area contributed by atoms with Gasteiger partial charge in [-0.05, 0) is 114 Å². The SMILES string of the molecule is COc1ccc(-c2ccccc2)cc1-c1ccccc1N=Cc1cc(-c2ccccc2)cc(C23CC4CC(CC(C4)C2)C3)c1O. The number of benzene rings is 5. The molecule has 3 heteroatoms. The van der Waals surface area contributed by atoms with Gasteiger partial charge < -0.3 is 9.84 Å². The number of hydrogen-bond donors (Lipinski definition) is 1.